The Hall–Kier alpha value is -1.02. The van der Waals surface area contributed by atoms with Gasteiger partial charge in [-0.1, -0.05) is 6.07 Å². The molecule has 2 rings (SSSR count). The van der Waals surface area contributed by atoms with E-state index in [-0.39, 0.29) is 0 Å². The van der Waals surface area contributed by atoms with Crippen LogP contribution in [0.25, 0.3) is 0 Å². The topological polar surface area (TPSA) is 29.3 Å². The van der Waals surface area contributed by atoms with Crippen LogP contribution in [0.3, 0.4) is 0 Å². The monoisotopic (exact) mass is 190 g/mol. The number of fused-ring (bicyclic) bond motifs is 1. The first-order valence-corrected chi connectivity index (χ1v) is 5.20. The highest BCUT2D eigenvalue weighted by atomic mass is 15.1. The Balaban J connectivity index is 2.24. The van der Waals surface area contributed by atoms with Gasteiger partial charge in [0.2, 0.25) is 0 Å². The summed E-state index contributed by atoms with van der Waals surface area (Å²) in [7, 11) is 4.26. The number of anilines is 1. The summed E-state index contributed by atoms with van der Waals surface area (Å²) in [6.45, 7) is 1.14. The molecule has 1 aromatic rings. The Kier molecular flexibility index (Phi) is 2.46. The number of hydrogen-bond donors (Lipinski definition) is 1. The molecule has 1 unspecified atom stereocenters. The highest BCUT2D eigenvalue weighted by Gasteiger charge is 2.22. The molecule has 0 aliphatic heterocycles. The van der Waals surface area contributed by atoms with Crippen molar-refractivity contribution < 1.29 is 0 Å². The summed E-state index contributed by atoms with van der Waals surface area (Å²) in [6.07, 6.45) is 2.49. The summed E-state index contributed by atoms with van der Waals surface area (Å²) in [5.41, 5.74) is 9.67. The van der Waals surface area contributed by atoms with Crippen molar-refractivity contribution >= 4 is 5.69 Å². The molecule has 1 aliphatic carbocycles. The second-order valence-corrected chi connectivity index (χ2v) is 4.46. The fourth-order valence-electron chi connectivity index (χ4n) is 2.34. The van der Waals surface area contributed by atoms with E-state index in [4.69, 9.17) is 5.73 Å². The van der Waals surface area contributed by atoms with Gasteiger partial charge < -0.3 is 10.6 Å². The Morgan fingerprint density at radius 3 is 2.93 bits per heavy atom. The van der Waals surface area contributed by atoms with Crippen LogP contribution >= 0.6 is 0 Å². The predicted molar refractivity (Wildman–Crippen MR) is 60.5 cm³/mol. The summed E-state index contributed by atoms with van der Waals surface area (Å²) in [5.74, 6) is 0.684. The first-order valence-electron chi connectivity index (χ1n) is 5.20. The average Bonchev–Trinajstić information content (AvgIpc) is 2.47. The lowest BCUT2D eigenvalue weighted by Crippen LogP contribution is -2.18. The molecular weight excluding hydrogens is 172 g/mol. The smallest absolute Gasteiger partial charge is 0.0317 e. The van der Waals surface area contributed by atoms with Gasteiger partial charge in [-0.25, -0.2) is 0 Å². The summed E-state index contributed by atoms with van der Waals surface area (Å²) in [5, 5.41) is 0. The fraction of sp³-hybridized carbons (Fsp3) is 0.500. The standard InChI is InChI=1S/C12H18N2/c1-14(2)8-10-4-3-9-5-6-11(13)7-12(9)10/h5-7,10H,3-4,8,13H2,1-2H3. The maximum Gasteiger partial charge on any atom is 0.0317 e. The van der Waals surface area contributed by atoms with E-state index < -0.39 is 0 Å². The second kappa shape index (κ2) is 3.62. The van der Waals surface area contributed by atoms with Gasteiger partial charge in [0.15, 0.2) is 0 Å². The van der Waals surface area contributed by atoms with E-state index in [0.717, 1.165) is 12.2 Å². The minimum Gasteiger partial charge on any atom is -0.399 e. The molecule has 2 N–H and O–H groups in total. The number of rotatable bonds is 2. The second-order valence-electron chi connectivity index (χ2n) is 4.46. The fourth-order valence-corrected chi connectivity index (χ4v) is 2.34. The zero-order chi connectivity index (χ0) is 10.1. The van der Waals surface area contributed by atoms with Crippen molar-refractivity contribution in [2.24, 2.45) is 0 Å². The molecule has 0 aromatic heterocycles. The molecule has 0 radical (unpaired) electrons. The summed E-state index contributed by atoms with van der Waals surface area (Å²) >= 11 is 0. The van der Waals surface area contributed by atoms with Gasteiger partial charge in [0.25, 0.3) is 0 Å². The Morgan fingerprint density at radius 2 is 2.21 bits per heavy atom. The van der Waals surface area contributed by atoms with Gasteiger partial charge in [0, 0.05) is 12.2 Å². The Bertz CT molecular complexity index is 331. The quantitative estimate of drug-likeness (QED) is 0.721. The van der Waals surface area contributed by atoms with Crippen LogP contribution in [-0.2, 0) is 6.42 Å². The van der Waals surface area contributed by atoms with Crippen LogP contribution in [-0.4, -0.2) is 25.5 Å². The molecule has 0 fully saturated rings. The lowest BCUT2D eigenvalue weighted by atomic mass is 10.0. The number of nitrogens with two attached hydrogens (primary N) is 1. The SMILES string of the molecule is CN(C)CC1CCc2ccc(N)cc21. The van der Waals surface area contributed by atoms with Gasteiger partial charge in [0.1, 0.15) is 0 Å². The molecule has 0 amide bonds. The molecule has 1 aromatic carbocycles. The third kappa shape index (κ3) is 1.75. The zero-order valence-corrected chi connectivity index (χ0v) is 8.96. The molecule has 14 heavy (non-hydrogen) atoms. The average molecular weight is 190 g/mol. The van der Waals surface area contributed by atoms with Gasteiger partial charge in [-0.2, -0.15) is 0 Å². The molecule has 2 nitrogen and oxygen atoms in total. The number of nitrogen functional groups attached to an aromatic ring is 1. The van der Waals surface area contributed by atoms with Crippen molar-refractivity contribution in [3.8, 4) is 0 Å². The first kappa shape index (κ1) is 9.53. The molecular formula is C12H18N2. The largest absolute Gasteiger partial charge is 0.399 e. The normalized spacial score (nSPS) is 20.1. The Morgan fingerprint density at radius 1 is 1.43 bits per heavy atom. The van der Waals surface area contributed by atoms with Crippen LogP contribution in [0.2, 0.25) is 0 Å². The van der Waals surface area contributed by atoms with E-state index in [1.54, 1.807) is 0 Å². The van der Waals surface area contributed by atoms with Crippen molar-refractivity contribution in [2.75, 3.05) is 26.4 Å². The van der Waals surface area contributed by atoms with Crippen LogP contribution < -0.4 is 5.73 Å². The molecule has 2 heteroatoms. The number of benzene rings is 1. The molecule has 0 saturated carbocycles. The van der Waals surface area contributed by atoms with Gasteiger partial charge in [-0.15, -0.1) is 0 Å². The van der Waals surface area contributed by atoms with Gasteiger partial charge in [0.05, 0.1) is 0 Å². The van der Waals surface area contributed by atoms with E-state index in [0.29, 0.717) is 5.92 Å². The minimum absolute atomic E-state index is 0.684. The van der Waals surface area contributed by atoms with E-state index in [9.17, 15) is 0 Å². The van der Waals surface area contributed by atoms with Crippen LogP contribution in [0.1, 0.15) is 23.5 Å². The van der Waals surface area contributed by atoms with E-state index in [1.165, 1.54) is 24.0 Å². The van der Waals surface area contributed by atoms with Gasteiger partial charge in [-0.3, -0.25) is 0 Å². The lowest BCUT2D eigenvalue weighted by molar-refractivity contribution is 0.372. The van der Waals surface area contributed by atoms with Crippen molar-refractivity contribution in [3.05, 3.63) is 29.3 Å². The Labute approximate surface area is 85.7 Å². The number of hydrogen-bond acceptors (Lipinski definition) is 2. The minimum atomic E-state index is 0.684. The molecule has 0 bridgehead atoms. The summed E-state index contributed by atoms with van der Waals surface area (Å²) in [4.78, 5) is 2.25. The summed E-state index contributed by atoms with van der Waals surface area (Å²) < 4.78 is 0. The van der Waals surface area contributed by atoms with E-state index in [1.807, 2.05) is 6.07 Å². The van der Waals surface area contributed by atoms with E-state index in [2.05, 4.69) is 31.1 Å². The molecule has 0 spiro atoms. The van der Waals surface area contributed by atoms with Crippen molar-refractivity contribution in [1.82, 2.24) is 4.90 Å². The van der Waals surface area contributed by atoms with Crippen LogP contribution in [0.5, 0.6) is 0 Å². The van der Waals surface area contributed by atoms with Crippen LogP contribution in [0.4, 0.5) is 5.69 Å². The molecule has 0 saturated heterocycles. The van der Waals surface area contributed by atoms with Gasteiger partial charge >= 0.3 is 0 Å². The number of likely N-dealkylation sites (N-methyl/N-ethyl adjacent to an activating group) is 1. The third-order valence-corrected chi connectivity index (χ3v) is 2.96. The number of aryl methyl sites for hydroxylation is 1. The number of nitrogens with zero attached hydrogens (tertiary/aromatic N) is 1. The maximum absolute atomic E-state index is 5.81. The van der Waals surface area contributed by atoms with Crippen LogP contribution in [0, 0.1) is 0 Å². The van der Waals surface area contributed by atoms with Crippen molar-refractivity contribution in [1.29, 1.82) is 0 Å². The highest BCUT2D eigenvalue weighted by Crippen LogP contribution is 2.34. The first-order chi connectivity index (χ1) is 6.66. The third-order valence-electron chi connectivity index (χ3n) is 2.96. The van der Waals surface area contributed by atoms with Gasteiger partial charge in [-0.05, 0) is 56.1 Å². The van der Waals surface area contributed by atoms with Crippen molar-refractivity contribution in [2.45, 2.75) is 18.8 Å². The molecule has 1 aliphatic rings. The molecule has 76 valence electrons. The van der Waals surface area contributed by atoms with Crippen molar-refractivity contribution in [3.63, 3.8) is 0 Å². The zero-order valence-electron chi connectivity index (χ0n) is 8.96. The predicted octanol–water partition coefficient (Wildman–Crippen LogP) is 1.86. The van der Waals surface area contributed by atoms with Crippen LogP contribution in [0.15, 0.2) is 18.2 Å². The highest BCUT2D eigenvalue weighted by molar-refractivity contribution is 5.48. The molecule has 0 heterocycles. The molecule has 1 atom stereocenters. The summed E-state index contributed by atoms with van der Waals surface area (Å²) in [6, 6.07) is 6.34. The maximum atomic E-state index is 5.81. The lowest BCUT2D eigenvalue weighted by Gasteiger charge is -2.17. The van der Waals surface area contributed by atoms with E-state index >= 15 is 0 Å².